The highest BCUT2D eigenvalue weighted by molar-refractivity contribution is 5.98. The number of carbonyl (C=O) groups is 2. The zero-order valence-corrected chi connectivity index (χ0v) is 14.1. The molecule has 23 heavy (non-hydrogen) atoms. The number of likely N-dealkylation sites (N-methyl/N-ethyl adjacent to an activating group) is 2. The fourth-order valence-electron chi connectivity index (χ4n) is 2.51. The minimum atomic E-state index is -0.196. The molecule has 124 valence electrons. The minimum Gasteiger partial charge on any atom is -0.342 e. The smallest absolute Gasteiger partial charge is 0.254 e. The van der Waals surface area contributed by atoms with Crippen molar-refractivity contribution < 1.29 is 9.59 Å². The topological polar surface area (TPSA) is 71.3 Å². The van der Waals surface area contributed by atoms with Crippen LogP contribution in [-0.2, 0) is 11.3 Å². The van der Waals surface area contributed by atoms with Gasteiger partial charge in [0, 0.05) is 32.2 Å². The Morgan fingerprint density at radius 3 is 2.48 bits per heavy atom. The molecule has 0 aliphatic heterocycles. The Labute approximate surface area is 135 Å². The van der Waals surface area contributed by atoms with Crippen molar-refractivity contribution in [1.29, 1.82) is 0 Å². The summed E-state index contributed by atoms with van der Waals surface area (Å²) in [6.07, 6.45) is 0. The highest BCUT2D eigenvalue weighted by Crippen LogP contribution is 2.14. The van der Waals surface area contributed by atoms with Gasteiger partial charge in [-0.3, -0.25) is 9.59 Å². The van der Waals surface area contributed by atoms with E-state index in [9.17, 15) is 9.59 Å². The summed E-state index contributed by atoms with van der Waals surface area (Å²) >= 11 is 0. The number of benzene rings is 1. The molecule has 2 aromatic rings. The third kappa shape index (κ3) is 3.49. The molecular formula is C16H23N5O2. The summed E-state index contributed by atoms with van der Waals surface area (Å²) in [4.78, 5) is 27.8. The van der Waals surface area contributed by atoms with Gasteiger partial charge in [0.2, 0.25) is 5.91 Å². The van der Waals surface area contributed by atoms with E-state index >= 15 is 0 Å². The van der Waals surface area contributed by atoms with E-state index in [0.717, 1.165) is 12.1 Å². The van der Waals surface area contributed by atoms with Crippen molar-refractivity contribution in [2.45, 2.75) is 27.3 Å². The Bertz CT molecular complexity index is 706. The van der Waals surface area contributed by atoms with E-state index in [0.29, 0.717) is 24.2 Å². The molecule has 0 atom stereocenters. The second-order valence-electron chi connectivity index (χ2n) is 5.34. The third-order valence-corrected chi connectivity index (χ3v) is 3.90. The number of aromatic nitrogens is 3. The van der Waals surface area contributed by atoms with Crippen LogP contribution in [-0.4, -0.2) is 63.3 Å². The van der Waals surface area contributed by atoms with Gasteiger partial charge in [0.15, 0.2) is 0 Å². The van der Waals surface area contributed by atoms with Gasteiger partial charge in [0.1, 0.15) is 5.52 Å². The molecule has 0 N–H and O–H groups in total. The molecule has 0 aliphatic carbocycles. The number of fused-ring (bicyclic) bond motifs is 1. The first-order chi connectivity index (χ1) is 11.0. The molecule has 0 fully saturated rings. The monoisotopic (exact) mass is 317 g/mol. The normalized spacial score (nSPS) is 10.8. The van der Waals surface area contributed by atoms with Gasteiger partial charge in [-0.25, -0.2) is 4.68 Å². The molecule has 7 heteroatoms. The highest BCUT2D eigenvalue weighted by Gasteiger charge is 2.18. The van der Waals surface area contributed by atoms with Gasteiger partial charge in [-0.2, -0.15) is 0 Å². The van der Waals surface area contributed by atoms with Crippen LogP contribution in [0, 0.1) is 0 Å². The Hall–Kier alpha value is -2.44. The van der Waals surface area contributed by atoms with Crippen LogP contribution in [0.15, 0.2) is 18.2 Å². The summed E-state index contributed by atoms with van der Waals surface area (Å²) in [5.41, 5.74) is 2.09. The van der Waals surface area contributed by atoms with E-state index in [1.807, 2.05) is 26.8 Å². The van der Waals surface area contributed by atoms with Crippen molar-refractivity contribution in [3.8, 4) is 0 Å². The second kappa shape index (κ2) is 7.21. The van der Waals surface area contributed by atoms with Crippen LogP contribution >= 0.6 is 0 Å². The molecule has 0 spiro atoms. The molecule has 2 rings (SSSR count). The van der Waals surface area contributed by atoms with E-state index in [4.69, 9.17) is 0 Å². The predicted octanol–water partition coefficient (Wildman–Crippen LogP) is 1.39. The lowest BCUT2D eigenvalue weighted by Gasteiger charge is -2.23. The van der Waals surface area contributed by atoms with E-state index < -0.39 is 0 Å². The minimum absolute atomic E-state index is 0.0520. The number of rotatable bonds is 6. The summed E-state index contributed by atoms with van der Waals surface area (Å²) in [6.45, 7) is 7.91. The zero-order valence-electron chi connectivity index (χ0n) is 14.1. The molecule has 1 aromatic carbocycles. The summed E-state index contributed by atoms with van der Waals surface area (Å²) in [5, 5.41) is 8.11. The number of nitrogens with zero attached hydrogens (tertiary/aromatic N) is 5. The van der Waals surface area contributed by atoms with Crippen LogP contribution in [0.3, 0.4) is 0 Å². The molecule has 0 saturated heterocycles. The lowest BCUT2D eigenvalue weighted by Crippen LogP contribution is -2.41. The molecule has 0 unspecified atom stereocenters. The second-order valence-corrected chi connectivity index (χ2v) is 5.34. The Morgan fingerprint density at radius 2 is 1.87 bits per heavy atom. The molecule has 1 aromatic heterocycles. The molecule has 0 saturated carbocycles. The summed E-state index contributed by atoms with van der Waals surface area (Å²) in [7, 11) is 1.64. The lowest BCUT2D eigenvalue weighted by atomic mass is 10.1. The maximum absolute atomic E-state index is 12.5. The number of aryl methyl sites for hydroxylation is 1. The first-order valence-corrected chi connectivity index (χ1v) is 7.88. The fraction of sp³-hybridized carbons (Fsp3) is 0.500. The van der Waals surface area contributed by atoms with Gasteiger partial charge in [-0.1, -0.05) is 5.21 Å². The first kappa shape index (κ1) is 16.9. The van der Waals surface area contributed by atoms with Gasteiger partial charge in [0.25, 0.3) is 5.91 Å². The van der Waals surface area contributed by atoms with Gasteiger partial charge in [0.05, 0.1) is 12.1 Å². The Balaban J connectivity index is 2.14. The summed E-state index contributed by atoms with van der Waals surface area (Å²) in [5.74, 6) is -0.248. The quantitative estimate of drug-likeness (QED) is 0.807. The maximum Gasteiger partial charge on any atom is 0.254 e. The van der Waals surface area contributed by atoms with E-state index in [1.165, 1.54) is 4.90 Å². The van der Waals surface area contributed by atoms with Crippen LogP contribution in [0.4, 0.5) is 0 Å². The Kier molecular flexibility index (Phi) is 5.31. The average Bonchev–Trinajstić information content (AvgIpc) is 2.97. The van der Waals surface area contributed by atoms with E-state index in [2.05, 4.69) is 10.3 Å². The molecule has 0 aliphatic rings. The predicted molar refractivity (Wildman–Crippen MR) is 88.1 cm³/mol. The van der Waals surface area contributed by atoms with Crippen molar-refractivity contribution in [2.75, 3.05) is 26.7 Å². The average molecular weight is 317 g/mol. The van der Waals surface area contributed by atoms with Crippen LogP contribution < -0.4 is 0 Å². The number of hydrogen-bond donors (Lipinski definition) is 0. The van der Waals surface area contributed by atoms with Crippen LogP contribution in [0.2, 0.25) is 0 Å². The van der Waals surface area contributed by atoms with Crippen molar-refractivity contribution in [1.82, 2.24) is 24.8 Å². The van der Waals surface area contributed by atoms with Crippen LogP contribution in [0.5, 0.6) is 0 Å². The largest absolute Gasteiger partial charge is 0.342 e. The fourth-order valence-corrected chi connectivity index (χ4v) is 2.51. The van der Waals surface area contributed by atoms with Crippen molar-refractivity contribution in [3.63, 3.8) is 0 Å². The highest BCUT2D eigenvalue weighted by atomic mass is 16.2. The molecule has 0 radical (unpaired) electrons. The molecule has 2 amide bonds. The van der Waals surface area contributed by atoms with Crippen molar-refractivity contribution in [3.05, 3.63) is 23.8 Å². The number of amides is 2. The van der Waals surface area contributed by atoms with Gasteiger partial charge in [-0.05, 0) is 39.0 Å². The molecule has 1 heterocycles. The van der Waals surface area contributed by atoms with Crippen molar-refractivity contribution >= 4 is 22.8 Å². The van der Waals surface area contributed by atoms with Crippen LogP contribution in [0.1, 0.15) is 31.1 Å². The number of carbonyl (C=O) groups excluding carboxylic acids is 2. The van der Waals surface area contributed by atoms with E-state index in [-0.39, 0.29) is 18.4 Å². The first-order valence-electron chi connectivity index (χ1n) is 7.88. The Morgan fingerprint density at radius 1 is 1.17 bits per heavy atom. The molecular weight excluding hydrogens is 294 g/mol. The van der Waals surface area contributed by atoms with Crippen molar-refractivity contribution in [2.24, 2.45) is 0 Å². The number of hydrogen-bond acceptors (Lipinski definition) is 4. The summed E-state index contributed by atoms with van der Waals surface area (Å²) < 4.78 is 1.78. The summed E-state index contributed by atoms with van der Waals surface area (Å²) in [6, 6.07) is 5.31. The standard InChI is InChI=1S/C16H23N5O2/c1-5-20(6-2)15(22)11-19(4)16(23)12-8-9-14-13(10-12)17-18-21(14)7-3/h8-10H,5-7,11H2,1-4H3. The lowest BCUT2D eigenvalue weighted by molar-refractivity contribution is -0.131. The van der Waals surface area contributed by atoms with E-state index in [1.54, 1.807) is 28.8 Å². The van der Waals surface area contributed by atoms with Gasteiger partial charge in [-0.15, -0.1) is 5.10 Å². The van der Waals surface area contributed by atoms with Gasteiger partial charge >= 0.3 is 0 Å². The molecule has 7 nitrogen and oxygen atoms in total. The van der Waals surface area contributed by atoms with Gasteiger partial charge < -0.3 is 9.80 Å². The molecule has 0 bridgehead atoms. The third-order valence-electron chi connectivity index (χ3n) is 3.90. The maximum atomic E-state index is 12.5. The van der Waals surface area contributed by atoms with Crippen LogP contribution in [0.25, 0.3) is 11.0 Å². The zero-order chi connectivity index (χ0) is 17.0. The SMILES string of the molecule is CCN(CC)C(=O)CN(C)C(=O)c1ccc2c(c1)nnn2CC.